The van der Waals surface area contributed by atoms with Crippen molar-refractivity contribution < 1.29 is 19.2 Å². The highest BCUT2D eigenvalue weighted by atomic mass is 16.2. The largest absolute Gasteiger partial charge is 0.299 e. The fourth-order valence-electron chi connectivity index (χ4n) is 3.56. The van der Waals surface area contributed by atoms with Crippen LogP contribution in [0, 0.1) is 22.7 Å². The lowest BCUT2D eigenvalue weighted by atomic mass is 9.80. The fourth-order valence-corrected chi connectivity index (χ4v) is 3.56. The molecule has 0 heterocycles. The normalized spacial score (nSPS) is 17.0. The number of rotatable bonds is 10. The van der Waals surface area contributed by atoms with E-state index >= 15 is 0 Å². The second-order valence-electron chi connectivity index (χ2n) is 11.6. The number of carbonyl (C=O) groups is 4. The van der Waals surface area contributed by atoms with Crippen LogP contribution < -0.4 is 0 Å². The van der Waals surface area contributed by atoms with Gasteiger partial charge in [0.15, 0.2) is 0 Å². The van der Waals surface area contributed by atoms with Crippen molar-refractivity contribution in [2.45, 2.75) is 112 Å². The third kappa shape index (κ3) is 14.3. The summed E-state index contributed by atoms with van der Waals surface area (Å²) in [6.07, 6.45) is 8.60. The molecule has 2 saturated carbocycles. The molecule has 0 N–H and O–H groups in total. The Morgan fingerprint density at radius 3 is 1.17 bits per heavy atom. The van der Waals surface area contributed by atoms with Gasteiger partial charge in [0, 0.05) is 25.7 Å². The van der Waals surface area contributed by atoms with Gasteiger partial charge in [0.25, 0.3) is 0 Å². The zero-order valence-corrected chi connectivity index (χ0v) is 19.6. The number of Topliss-reactive ketones (excluding diaryl/α,β-unsaturated/α-hetero) is 4. The lowest BCUT2D eigenvalue weighted by Gasteiger charge is -2.24. The molecule has 166 valence electrons. The monoisotopic (exact) mass is 406 g/mol. The molecule has 0 atom stereocenters. The Bertz CT molecular complexity index is 581. The molecule has 2 aliphatic rings. The Labute approximate surface area is 177 Å². The Hall–Kier alpha value is -1.32. The van der Waals surface area contributed by atoms with Gasteiger partial charge in [0.1, 0.15) is 23.1 Å². The van der Waals surface area contributed by atoms with Crippen LogP contribution >= 0.6 is 0 Å². The molecule has 0 aliphatic heterocycles. The Morgan fingerprint density at radius 1 is 0.586 bits per heavy atom. The predicted octanol–water partition coefficient (Wildman–Crippen LogP) is 5.89. The third-order valence-corrected chi connectivity index (χ3v) is 5.20. The van der Waals surface area contributed by atoms with Gasteiger partial charge in [-0.25, -0.2) is 0 Å². The Morgan fingerprint density at radius 2 is 0.931 bits per heavy atom. The van der Waals surface area contributed by atoms with Crippen LogP contribution in [0.2, 0.25) is 0 Å². The van der Waals surface area contributed by atoms with Gasteiger partial charge in [-0.1, -0.05) is 60.8 Å². The van der Waals surface area contributed by atoms with E-state index in [1.807, 2.05) is 41.5 Å². The fraction of sp³-hybridized carbons (Fsp3) is 0.840. The second-order valence-corrected chi connectivity index (χ2v) is 11.6. The van der Waals surface area contributed by atoms with E-state index in [0.717, 1.165) is 0 Å². The van der Waals surface area contributed by atoms with Crippen molar-refractivity contribution in [3.05, 3.63) is 0 Å². The zero-order valence-electron chi connectivity index (χ0n) is 19.6. The molecule has 0 saturated heterocycles. The molecule has 0 bridgehead atoms. The van der Waals surface area contributed by atoms with Crippen LogP contribution in [-0.2, 0) is 19.2 Å². The summed E-state index contributed by atoms with van der Waals surface area (Å²) in [5.41, 5.74) is 0.0186. The molecule has 0 aromatic carbocycles. The van der Waals surface area contributed by atoms with Gasteiger partial charge in [-0.15, -0.1) is 0 Å². The predicted molar refractivity (Wildman–Crippen MR) is 117 cm³/mol. The highest BCUT2D eigenvalue weighted by Gasteiger charge is 2.26. The molecule has 0 amide bonds. The first-order valence-corrected chi connectivity index (χ1v) is 11.3. The molecule has 29 heavy (non-hydrogen) atoms. The van der Waals surface area contributed by atoms with Crippen molar-refractivity contribution in [1.29, 1.82) is 0 Å². The summed E-state index contributed by atoms with van der Waals surface area (Å²) in [6.45, 7) is 12.2. The minimum absolute atomic E-state index is 0.00777. The topological polar surface area (TPSA) is 68.3 Å². The third-order valence-electron chi connectivity index (χ3n) is 5.20. The first kappa shape index (κ1) is 25.7. The van der Waals surface area contributed by atoms with Crippen LogP contribution in [0.1, 0.15) is 112 Å². The van der Waals surface area contributed by atoms with Crippen LogP contribution in [0.3, 0.4) is 0 Å². The van der Waals surface area contributed by atoms with E-state index in [-0.39, 0.29) is 46.8 Å². The van der Waals surface area contributed by atoms with Crippen molar-refractivity contribution in [2.24, 2.45) is 22.7 Å². The minimum Gasteiger partial charge on any atom is -0.299 e. The number of carbonyl (C=O) groups excluding carboxylic acids is 4. The molecule has 2 rings (SSSR count). The van der Waals surface area contributed by atoms with Gasteiger partial charge >= 0.3 is 0 Å². The SMILES string of the molecule is CC(C)(C)CC(=O)CC(=O)CC1CC1.CC(C)(C)CC(=O)CC(=O)CC1CCC1. The smallest absolute Gasteiger partial charge is 0.140 e. The van der Waals surface area contributed by atoms with E-state index in [0.29, 0.717) is 37.5 Å². The van der Waals surface area contributed by atoms with E-state index in [2.05, 4.69) is 0 Å². The van der Waals surface area contributed by atoms with E-state index in [4.69, 9.17) is 0 Å². The van der Waals surface area contributed by atoms with Gasteiger partial charge in [0.05, 0.1) is 12.8 Å². The van der Waals surface area contributed by atoms with Crippen LogP contribution in [0.5, 0.6) is 0 Å². The molecule has 4 heteroatoms. The highest BCUT2D eigenvalue weighted by Crippen LogP contribution is 2.33. The average molecular weight is 407 g/mol. The molecular formula is C25H42O4. The Balaban J connectivity index is 0.000000291. The maximum absolute atomic E-state index is 11.5. The summed E-state index contributed by atoms with van der Waals surface area (Å²) >= 11 is 0. The molecule has 2 fully saturated rings. The van der Waals surface area contributed by atoms with Gasteiger partial charge in [-0.3, -0.25) is 19.2 Å². The molecule has 4 nitrogen and oxygen atoms in total. The summed E-state index contributed by atoms with van der Waals surface area (Å²) in [4.78, 5) is 45.9. The minimum atomic E-state index is 0.00777. The van der Waals surface area contributed by atoms with Gasteiger partial charge in [-0.05, 0) is 35.5 Å². The van der Waals surface area contributed by atoms with E-state index in [9.17, 15) is 19.2 Å². The molecule has 0 spiro atoms. The van der Waals surface area contributed by atoms with Gasteiger partial charge in [0.2, 0.25) is 0 Å². The summed E-state index contributed by atoms with van der Waals surface area (Å²) in [7, 11) is 0. The summed E-state index contributed by atoms with van der Waals surface area (Å²) in [6, 6.07) is 0. The highest BCUT2D eigenvalue weighted by molar-refractivity contribution is 5.99. The zero-order chi connectivity index (χ0) is 22.2. The number of hydrogen-bond donors (Lipinski definition) is 0. The van der Waals surface area contributed by atoms with Crippen LogP contribution in [-0.4, -0.2) is 23.1 Å². The number of hydrogen-bond acceptors (Lipinski definition) is 4. The first-order chi connectivity index (χ1) is 13.2. The average Bonchev–Trinajstić information content (AvgIpc) is 3.22. The van der Waals surface area contributed by atoms with Crippen molar-refractivity contribution in [2.75, 3.05) is 0 Å². The second kappa shape index (κ2) is 11.2. The maximum Gasteiger partial charge on any atom is 0.140 e. The standard InChI is InChI=1S/C13H22O2.C12H20O2/c1-13(2,3)9-12(15)8-11(14)7-10-5-4-6-10;1-12(2,3)8-11(14)7-10(13)6-9-4-5-9/h10H,4-9H2,1-3H3;9H,4-8H2,1-3H3. The quantitative estimate of drug-likeness (QED) is 0.424. The summed E-state index contributed by atoms with van der Waals surface area (Å²) in [5, 5.41) is 0. The molecular weight excluding hydrogens is 364 g/mol. The first-order valence-electron chi connectivity index (χ1n) is 11.3. The van der Waals surface area contributed by atoms with Gasteiger partial charge in [-0.2, -0.15) is 0 Å². The van der Waals surface area contributed by atoms with Crippen molar-refractivity contribution in [1.82, 2.24) is 0 Å². The maximum atomic E-state index is 11.5. The van der Waals surface area contributed by atoms with Gasteiger partial charge < -0.3 is 0 Å². The molecule has 0 aromatic rings. The van der Waals surface area contributed by atoms with E-state index in [1.54, 1.807) is 0 Å². The van der Waals surface area contributed by atoms with Crippen molar-refractivity contribution in [3.63, 3.8) is 0 Å². The van der Waals surface area contributed by atoms with Crippen LogP contribution in [0.4, 0.5) is 0 Å². The lowest BCUT2D eigenvalue weighted by Crippen LogP contribution is -2.20. The molecule has 0 unspecified atom stereocenters. The molecule has 0 aromatic heterocycles. The van der Waals surface area contributed by atoms with Crippen LogP contribution in [0.25, 0.3) is 0 Å². The lowest BCUT2D eigenvalue weighted by molar-refractivity contribution is -0.130. The summed E-state index contributed by atoms with van der Waals surface area (Å²) < 4.78 is 0. The van der Waals surface area contributed by atoms with Crippen molar-refractivity contribution >= 4 is 23.1 Å². The van der Waals surface area contributed by atoms with E-state index < -0.39 is 0 Å². The van der Waals surface area contributed by atoms with Crippen LogP contribution in [0.15, 0.2) is 0 Å². The Kier molecular flexibility index (Phi) is 9.91. The molecule has 0 radical (unpaired) electrons. The molecule has 2 aliphatic carbocycles. The summed E-state index contributed by atoms with van der Waals surface area (Å²) in [5.74, 6) is 1.68. The van der Waals surface area contributed by atoms with Crippen molar-refractivity contribution in [3.8, 4) is 0 Å². The van der Waals surface area contributed by atoms with E-state index in [1.165, 1.54) is 32.1 Å². The number of ketones is 4.